The Hall–Kier alpha value is -0.0817. The number of esters is 1. The van der Waals surface area contributed by atoms with Gasteiger partial charge in [0.25, 0.3) is 0 Å². The number of nitrogens with one attached hydrogen (secondary N) is 1. The number of carbonyl (C=O) groups excluding carboxylic acids is 1. The predicted molar refractivity (Wildman–Crippen MR) is 34.4 cm³/mol. The average molecular weight is 337 g/mol. The van der Waals surface area contributed by atoms with Crippen molar-refractivity contribution in [2.45, 2.75) is 25.0 Å². The number of methoxy groups -OCH3 is 1. The van der Waals surface area contributed by atoms with E-state index < -0.39 is 0 Å². The molecule has 0 aromatic heterocycles. The van der Waals surface area contributed by atoms with Gasteiger partial charge in [0.2, 0.25) is 0 Å². The van der Waals surface area contributed by atoms with Crippen LogP contribution in [0.5, 0.6) is 0 Å². The summed E-state index contributed by atoms with van der Waals surface area (Å²) in [5, 5.41) is 3.04. The van der Waals surface area contributed by atoms with Crippen LogP contribution in [0.15, 0.2) is 3.50 Å². The van der Waals surface area contributed by atoms with Crippen LogP contribution in [0.4, 0.5) is 0 Å². The van der Waals surface area contributed by atoms with E-state index in [1.165, 1.54) is 7.11 Å². The number of hydrogen-bond donors (Lipinski definition) is 1. The SMILES string of the molecule is COC(=O)C1CCC([N]=[Pt])N1. The minimum atomic E-state index is -0.187. The summed E-state index contributed by atoms with van der Waals surface area (Å²) in [6.07, 6.45) is 1.87. The van der Waals surface area contributed by atoms with E-state index in [-0.39, 0.29) is 18.2 Å². The Kier molecular flexibility index (Phi) is 3.34. The molecule has 1 aliphatic rings. The monoisotopic (exact) mass is 337 g/mol. The van der Waals surface area contributed by atoms with Crippen LogP contribution in [0.25, 0.3) is 0 Å². The van der Waals surface area contributed by atoms with Gasteiger partial charge >= 0.3 is 76.1 Å². The molecule has 0 saturated carbocycles. The average Bonchev–Trinajstić information content (AvgIpc) is 2.50. The van der Waals surface area contributed by atoms with Gasteiger partial charge in [0.1, 0.15) is 0 Å². The van der Waals surface area contributed by atoms with Gasteiger partial charge in [0, 0.05) is 0 Å². The maximum absolute atomic E-state index is 10.9. The molecule has 0 aliphatic carbocycles. The van der Waals surface area contributed by atoms with Gasteiger partial charge in [-0.2, -0.15) is 0 Å². The van der Waals surface area contributed by atoms with Crippen LogP contribution in [0, 0.1) is 0 Å². The van der Waals surface area contributed by atoms with E-state index in [1.54, 1.807) is 0 Å². The van der Waals surface area contributed by atoms with Crippen LogP contribution in [0.2, 0.25) is 0 Å². The number of rotatable bonds is 2. The molecule has 1 aliphatic heterocycles. The molecule has 2 atom stereocenters. The van der Waals surface area contributed by atoms with Gasteiger partial charge in [0.15, 0.2) is 0 Å². The Labute approximate surface area is 76.4 Å². The molecule has 1 saturated heterocycles. The zero-order chi connectivity index (χ0) is 8.27. The molecule has 2 unspecified atom stereocenters. The number of carbonyl (C=O) groups is 1. The van der Waals surface area contributed by atoms with E-state index in [0.717, 1.165) is 12.8 Å². The Morgan fingerprint density at radius 1 is 1.73 bits per heavy atom. The second-order valence-corrected chi connectivity index (χ2v) is 3.00. The molecule has 4 nitrogen and oxygen atoms in total. The third kappa shape index (κ3) is 2.17. The van der Waals surface area contributed by atoms with Gasteiger partial charge in [-0.25, -0.2) is 0 Å². The Bertz CT molecular complexity index is 174. The molecule has 1 fully saturated rings. The first-order valence-electron chi connectivity index (χ1n) is 3.40. The third-order valence-electron chi connectivity index (χ3n) is 1.71. The van der Waals surface area contributed by atoms with Crippen LogP contribution in [0.1, 0.15) is 12.8 Å². The van der Waals surface area contributed by atoms with Crippen molar-refractivity contribution in [1.82, 2.24) is 5.32 Å². The number of hydrogen-bond acceptors (Lipinski definition) is 4. The van der Waals surface area contributed by atoms with Crippen molar-refractivity contribution in [2.24, 2.45) is 3.50 Å². The molecule has 0 amide bonds. The second kappa shape index (κ2) is 4.07. The normalized spacial score (nSPS) is 30.1. The van der Waals surface area contributed by atoms with Gasteiger partial charge in [-0.3, -0.25) is 0 Å². The maximum atomic E-state index is 10.9. The molecule has 5 heteroatoms. The molecule has 0 aromatic rings. The molecule has 1 rings (SSSR count). The topological polar surface area (TPSA) is 50.7 Å². The van der Waals surface area contributed by atoms with Crippen LogP contribution >= 0.6 is 0 Å². The Balaban J connectivity index is 2.41. The predicted octanol–water partition coefficient (Wildman–Crippen LogP) is -0.0321. The van der Waals surface area contributed by atoms with Crippen molar-refractivity contribution >= 4 is 5.97 Å². The zero-order valence-electron chi connectivity index (χ0n) is 6.15. The Morgan fingerprint density at radius 2 is 2.45 bits per heavy atom. The van der Waals surface area contributed by atoms with Crippen molar-refractivity contribution in [3.05, 3.63) is 0 Å². The van der Waals surface area contributed by atoms with Gasteiger partial charge in [-0.1, -0.05) is 0 Å². The van der Waals surface area contributed by atoms with E-state index in [4.69, 9.17) is 0 Å². The summed E-state index contributed by atoms with van der Waals surface area (Å²) in [5.41, 5.74) is 0. The van der Waals surface area contributed by atoms with Crippen LogP contribution < -0.4 is 5.32 Å². The molecule has 0 radical (unpaired) electrons. The van der Waals surface area contributed by atoms with Crippen molar-refractivity contribution < 1.29 is 29.2 Å². The Morgan fingerprint density at radius 3 is 2.91 bits per heavy atom. The molecule has 0 spiro atoms. The molecule has 66 valence electrons. The van der Waals surface area contributed by atoms with Crippen LogP contribution in [-0.2, 0) is 29.2 Å². The van der Waals surface area contributed by atoms with E-state index >= 15 is 0 Å². The van der Waals surface area contributed by atoms with E-state index in [1.807, 2.05) is 19.6 Å². The summed E-state index contributed by atoms with van der Waals surface area (Å²) in [4.78, 5) is 10.9. The molecule has 1 N–H and O–H groups in total. The van der Waals surface area contributed by atoms with Crippen LogP contribution in [0.3, 0.4) is 0 Å². The second-order valence-electron chi connectivity index (χ2n) is 2.42. The summed E-state index contributed by atoms with van der Waals surface area (Å²) >= 11 is 1.93. The number of ether oxygens (including phenoxy) is 1. The first-order valence-corrected chi connectivity index (χ1v) is 4.41. The molecular formula is C6H10N2O2Pt. The van der Waals surface area contributed by atoms with E-state index in [0.29, 0.717) is 0 Å². The van der Waals surface area contributed by atoms with Crippen molar-refractivity contribution in [3.8, 4) is 0 Å². The molecular weight excluding hydrogens is 327 g/mol. The van der Waals surface area contributed by atoms with Crippen LogP contribution in [-0.4, -0.2) is 25.3 Å². The fraction of sp³-hybridized carbons (Fsp3) is 0.833. The first-order chi connectivity index (χ1) is 5.27. The minimum absolute atomic E-state index is 0.126. The summed E-state index contributed by atoms with van der Waals surface area (Å²) < 4.78 is 8.59. The van der Waals surface area contributed by atoms with Crippen molar-refractivity contribution in [1.29, 1.82) is 0 Å². The summed E-state index contributed by atoms with van der Waals surface area (Å²) in [6, 6.07) is -0.149. The fourth-order valence-corrected chi connectivity index (χ4v) is 1.58. The fourth-order valence-electron chi connectivity index (χ4n) is 1.12. The van der Waals surface area contributed by atoms with Gasteiger partial charge < -0.3 is 0 Å². The summed E-state index contributed by atoms with van der Waals surface area (Å²) in [5.74, 6) is -0.187. The third-order valence-corrected chi connectivity index (χ3v) is 2.41. The summed E-state index contributed by atoms with van der Waals surface area (Å²) in [6.45, 7) is 0. The molecule has 1 heterocycles. The van der Waals surface area contributed by atoms with Gasteiger partial charge in [-0.15, -0.1) is 0 Å². The van der Waals surface area contributed by atoms with E-state index in [9.17, 15) is 4.79 Å². The van der Waals surface area contributed by atoms with E-state index in [2.05, 4.69) is 13.5 Å². The zero-order valence-corrected chi connectivity index (χ0v) is 8.42. The summed E-state index contributed by atoms with van der Waals surface area (Å²) in [7, 11) is 1.40. The standard InChI is InChI=1S/C6H10N2O2.Pt/c1-10-6(9)4-2-3-5(7)8-4;/h4-5,8H,2-3H2,1H3;. The van der Waals surface area contributed by atoms with Gasteiger partial charge in [0.05, 0.1) is 0 Å². The molecule has 0 bridgehead atoms. The quantitative estimate of drug-likeness (QED) is 0.720. The van der Waals surface area contributed by atoms with Crippen molar-refractivity contribution in [2.75, 3.05) is 7.11 Å². The first kappa shape index (κ1) is 9.01. The van der Waals surface area contributed by atoms with Crippen molar-refractivity contribution in [3.63, 3.8) is 0 Å². The molecule has 11 heavy (non-hydrogen) atoms. The van der Waals surface area contributed by atoms with Gasteiger partial charge in [-0.05, 0) is 0 Å². The number of nitrogens with zero attached hydrogens (tertiary/aromatic N) is 1. The molecule has 0 aromatic carbocycles.